The first-order valence-electron chi connectivity index (χ1n) is 5.65. The Morgan fingerprint density at radius 3 is 2.50 bits per heavy atom. The molecule has 2 aliphatic rings. The molecule has 2 aliphatic carbocycles. The van der Waals surface area contributed by atoms with Crippen molar-refractivity contribution in [2.24, 2.45) is 28.4 Å². The molecule has 80 valence electrons. The predicted octanol–water partition coefficient (Wildman–Crippen LogP) is 2.32. The van der Waals surface area contributed by atoms with Crippen LogP contribution in [0.5, 0.6) is 0 Å². The summed E-state index contributed by atoms with van der Waals surface area (Å²) >= 11 is 0. The number of primary amides is 1. The molecule has 0 spiro atoms. The van der Waals surface area contributed by atoms with Crippen LogP contribution in [0.2, 0.25) is 0 Å². The Bertz CT molecular complexity index is 271. The summed E-state index contributed by atoms with van der Waals surface area (Å²) in [6.45, 7) is 7.02. The van der Waals surface area contributed by atoms with Gasteiger partial charge in [0.2, 0.25) is 5.91 Å². The molecule has 0 aliphatic heterocycles. The highest BCUT2D eigenvalue weighted by Gasteiger charge is 2.59. The third-order valence-electron chi connectivity index (χ3n) is 5.25. The summed E-state index contributed by atoms with van der Waals surface area (Å²) in [6.07, 6.45) is 4.53. The minimum Gasteiger partial charge on any atom is -0.370 e. The fourth-order valence-electron chi connectivity index (χ4n) is 3.89. The molecule has 0 aromatic heterocycles. The van der Waals surface area contributed by atoms with E-state index in [0.29, 0.717) is 23.2 Å². The molecule has 0 saturated heterocycles. The van der Waals surface area contributed by atoms with Gasteiger partial charge in [-0.1, -0.05) is 20.8 Å². The van der Waals surface area contributed by atoms with Gasteiger partial charge in [-0.05, 0) is 41.9 Å². The minimum atomic E-state index is -0.126. The van der Waals surface area contributed by atoms with Crippen LogP contribution < -0.4 is 5.73 Å². The number of carbonyl (C=O) groups excluding carboxylic acids is 1. The molecule has 0 radical (unpaired) electrons. The van der Waals surface area contributed by atoms with Crippen LogP contribution in [-0.2, 0) is 4.79 Å². The lowest BCUT2D eigenvalue weighted by atomic mass is 9.60. The Morgan fingerprint density at radius 2 is 2.07 bits per heavy atom. The summed E-state index contributed by atoms with van der Waals surface area (Å²) < 4.78 is 0. The Morgan fingerprint density at radius 1 is 1.43 bits per heavy atom. The van der Waals surface area contributed by atoms with Crippen LogP contribution in [0, 0.1) is 22.7 Å². The number of hydrogen-bond acceptors (Lipinski definition) is 1. The highest BCUT2D eigenvalue weighted by molar-refractivity contribution is 5.74. The van der Waals surface area contributed by atoms with Crippen molar-refractivity contribution < 1.29 is 4.79 Å². The van der Waals surface area contributed by atoms with E-state index in [1.165, 1.54) is 19.3 Å². The molecule has 0 aromatic carbocycles. The molecule has 3 atom stereocenters. The second kappa shape index (κ2) is 2.74. The van der Waals surface area contributed by atoms with Gasteiger partial charge >= 0.3 is 0 Å². The second-order valence-corrected chi connectivity index (χ2v) is 6.06. The van der Waals surface area contributed by atoms with Gasteiger partial charge in [0.15, 0.2) is 0 Å². The van der Waals surface area contributed by atoms with Crippen LogP contribution in [-0.4, -0.2) is 5.91 Å². The first-order valence-corrected chi connectivity index (χ1v) is 5.65. The summed E-state index contributed by atoms with van der Waals surface area (Å²) in [5, 5.41) is 0. The molecule has 1 amide bonds. The average Bonchev–Trinajstić information content (AvgIpc) is 2.49. The fraction of sp³-hybridized carbons (Fsp3) is 0.917. The van der Waals surface area contributed by atoms with E-state index in [9.17, 15) is 4.79 Å². The number of fused-ring (bicyclic) bond motifs is 2. The van der Waals surface area contributed by atoms with E-state index in [1.54, 1.807) is 0 Å². The summed E-state index contributed by atoms with van der Waals surface area (Å²) in [4.78, 5) is 11.0. The van der Waals surface area contributed by atoms with Crippen LogP contribution in [0.4, 0.5) is 0 Å². The highest BCUT2D eigenvalue weighted by Crippen LogP contribution is 2.67. The van der Waals surface area contributed by atoms with E-state index in [4.69, 9.17) is 5.73 Å². The maximum absolute atomic E-state index is 11.0. The Balaban J connectivity index is 2.23. The van der Waals surface area contributed by atoms with Gasteiger partial charge in [0, 0.05) is 6.42 Å². The van der Waals surface area contributed by atoms with Crippen LogP contribution in [0.15, 0.2) is 0 Å². The fourth-order valence-corrected chi connectivity index (χ4v) is 3.89. The maximum atomic E-state index is 11.0. The van der Waals surface area contributed by atoms with E-state index in [1.807, 2.05) is 0 Å². The van der Waals surface area contributed by atoms with Crippen molar-refractivity contribution in [1.29, 1.82) is 0 Å². The third kappa shape index (κ3) is 1.12. The summed E-state index contributed by atoms with van der Waals surface area (Å²) in [5.41, 5.74) is 6.08. The topological polar surface area (TPSA) is 43.1 Å². The maximum Gasteiger partial charge on any atom is 0.217 e. The molecule has 2 bridgehead atoms. The lowest BCUT2D eigenvalue weighted by molar-refractivity contribution is -0.120. The van der Waals surface area contributed by atoms with Crippen molar-refractivity contribution in [2.75, 3.05) is 0 Å². The quantitative estimate of drug-likeness (QED) is 0.722. The summed E-state index contributed by atoms with van der Waals surface area (Å²) in [7, 11) is 0. The summed E-state index contributed by atoms with van der Waals surface area (Å²) in [6, 6.07) is 0. The number of hydrogen-bond donors (Lipinski definition) is 1. The van der Waals surface area contributed by atoms with Crippen molar-refractivity contribution in [2.45, 2.75) is 46.5 Å². The number of rotatable bonds is 2. The van der Waals surface area contributed by atoms with Crippen LogP contribution in [0.25, 0.3) is 0 Å². The largest absolute Gasteiger partial charge is 0.370 e. The smallest absolute Gasteiger partial charge is 0.217 e. The molecule has 2 fully saturated rings. The lowest BCUT2D eigenvalue weighted by Gasteiger charge is -2.44. The van der Waals surface area contributed by atoms with Crippen molar-refractivity contribution in [3.8, 4) is 0 Å². The first-order chi connectivity index (χ1) is 6.37. The number of carbonyl (C=O) groups is 1. The van der Waals surface area contributed by atoms with Crippen molar-refractivity contribution in [3.63, 3.8) is 0 Å². The van der Waals surface area contributed by atoms with Gasteiger partial charge < -0.3 is 5.73 Å². The lowest BCUT2D eigenvalue weighted by Crippen LogP contribution is -2.39. The molecular weight excluding hydrogens is 174 g/mol. The van der Waals surface area contributed by atoms with Crippen molar-refractivity contribution in [3.05, 3.63) is 0 Å². The number of nitrogens with two attached hydrogens (primary N) is 1. The molecule has 0 heterocycles. The van der Waals surface area contributed by atoms with E-state index < -0.39 is 0 Å². The van der Waals surface area contributed by atoms with Gasteiger partial charge in [0.1, 0.15) is 0 Å². The minimum absolute atomic E-state index is 0.126. The average molecular weight is 195 g/mol. The first kappa shape index (κ1) is 10.0. The van der Waals surface area contributed by atoms with Gasteiger partial charge in [-0.25, -0.2) is 0 Å². The zero-order chi connectivity index (χ0) is 10.6. The molecule has 2 nitrogen and oxygen atoms in total. The van der Waals surface area contributed by atoms with Crippen molar-refractivity contribution in [1.82, 2.24) is 0 Å². The zero-order valence-corrected chi connectivity index (χ0v) is 9.47. The zero-order valence-electron chi connectivity index (χ0n) is 9.47. The van der Waals surface area contributed by atoms with Crippen LogP contribution in [0.3, 0.4) is 0 Å². The van der Waals surface area contributed by atoms with E-state index in [-0.39, 0.29) is 5.91 Å². The molecule has 2 saturated carbocycles. The SMILES string of the molecule is CC12CCC(C1)C(CC(N)=O)C2(C)C. The molecule has 2 N–H and O–H groups in total. The van der Waals surface area contributed by atoms with E-state index in [2.05, 4.69) is 20.8 Å². The normalized spacial score (nSPS) is 44.2. The number of amides is 1. The van der Waals surface area contributed by atoms with Gasteiger partial charge in [-0.15, -0.1) is 0 Å². The van der Waals surface area contributed by atoms with E-state index in [0.717, 1.165) is 5.92 Å². The third-order valence-corrected chi connectivity index (χ3v) is 5.25. The molecule has 2 heteroatoms. The second-order valence-electron chi connectivity index (χ2n) is 6.06. The van der Waals surface area contributed by atoms with Gasteiger partial charge in [-0.3, -0.25) is 4.79 Å². The standard InChI is InChI=1S/C12H21NO/c1-11(2)9(6-10(13)14)8-4-5-12(11,3)7-8/h8-9H,4-7H2,1-3H3,(H2,13,14). The Labute approximate surface area is 86.2 Å². The Hall–Kier alpha value is -0.530. The molecule has 3 unspecified atom stereocenters. The Kier molecular flexibility index (Phi) is 1.96. The molecule has 2 rings (SSSR count). The van der Waals surface area contributed by atoms with Crippen molar-refractivity contribution >= 4 is 5.91 Å². The van der Waals surface area contributed by atoms with Crippen LogP contribution in [0.1, 0.15) is 46.5 Å². The monoisotopic (exact) mass is 195 g/mol. The molecule has 0 aromatic rings. The van der Waals surface area contributed by atoms with Gasteiger partial charge in [0.25, 0.3) is 0 Å². The molecular formula is C12H21NO. The molecule has 14 heavy (non-hydrogen) atoms. The van der Waals surface area contributed by atoms with E-state index >= 15 is 0 Å². The van der Waals surface area contributed by atoms with Gasteiger partial charge in [0.05, 0.1) is 0 Å². The predicted molar refractivity (Wildman–Crippen MR) is 56.5 cm³/mol. The summed E-state index contributed by atoms with van der Waals surface area (Å²) in [5.74, 6) is 1.15. The van der Waals surface area contributed by atoms with Crippen LogP contribution >= 0.6 is 0 Å². The highest BCUT2D eigenvalue weighted by atomic mass is 16.1. The van der Waals surface area contributed by atoms with Gasteiger partial charge in [-0.2, -0.15) is 0 Å².